The van der Waals surface area contributed by atoms with Gasteiger partial charge in [0, 0.05) is 26.1 Å². The monoisotopic (exact) mass is 288 g/mol. The van der Waals surface area contributed by atoms with Gasteiger partial charge in [-0.2, -0.15) is 0 Å². The first-order chi connectivity index (χ1) is 10.3. The molecule has 0 bridgehead atoms. The van der Waals surface area contributed by atoms with Crippen LogP contribution in [0.1, 0.15) is 68.6 Å². The zero-order valence-corrected chi connectivity index (χ0v) is 13.2. The van der Waals surface area contributed by atoms with Crippen molar-refractivity contribution in [2.24, 2.45) is 0 Å². The Morgan fingerprint density at radius 3 is 2.71 bits per heavy atom. The number of unbranched alkanes of at least 4 members (excludes halogenated alkanes) is 5. The quantitative estimate of drug-likeness (QED) is 0.681. The predicted octanol–water partition coefficient (Wildman–Crippen LogP) is 3.66. The summed E-state index contributed by atoms with van der Waals surface area (Å²) in [6, 6.07) is 6.50. The number of amides is 1. The van der Waals surface area contributed by atoms with Gasteiger partial charge in [-0.3, -0.25) is 4.79 Å². The molecule has 0 unspecified atom stereocenters. The van der Waals surface area contributed by atoms with Gasteiger partial charge in [0.05, 0.1) is 0 Å². The lowest BCUT2D eigenvalue weighted by molar-refractivity contribution is -0.121. The van der Waals surface area contributed by atoms with E-state index in [9.17, 15) is 4.79 Å². The molecular weight excluding hydrogens is 260 g/mol. The summed E-state index contributed by atoms with van der Waals surface area (Å²) >= 11 is 0. The third-order valence-corrected chi connectivity index (χ3v) is 4.15. The lowest BCUT2D eigenvalue weighted by Crippen LogP contribution is -2.22. The van der Waals surface area contributed by atoms with Crippen LogP contribution in [0.3, 0.4) is 0 Å². The van der Waals surface area contributed by atoms with Crippen molar-refractivity contribution in [1.29, 1.82) is 0 Å². The highest BCUT2D eigenvalue weighted by Crippen LogP contribution is 2.17. The van der Waals surface area contributed by atoms with Crippen LogP contribution in [0.15, 0.2) is 18.2 Å². The highest BCUT2D eigenvalue weighted by molar-refractivity contribution is 5.75. The first kappa shape index (κ1) is 16.0. The average molecular weight is 288 g/mol. The normalized spacial score (nSPS) is 13.2. The van der Waals surface area contributed by atoms with Crippen LogP contribution in [0.2, 0.25) is 0 Å². The molecule has 1 heterocycles. The van der Waals surface area contributed by atoms with Crippen molar-refractivity contribution in [2.45, 2.75) is 71.5 Å². The van der Waals surface area contributed by atoms with Crippen molar-refractivity contribution in [1.82, 2.24) is 10.6 Å². The van der Waals surface area contributed by atoms with Crippen molar-refractivity contribution in [2.75, 3.05) is 0 Å². The molecule has 0 radical (unpaired) electrons. The van der Waals surface area contributed by atoms with Crippen LogP contribution in [-0.2, 0) is 24.4 Å². The van der Waals surface area contributed by atoms with Crippen LogP contribution < -0.4 is 10.6 Å². The summed E-state index contributed by atoms with van der Waals surface area (Å²) in [5, 5.41) is 6.37. The smallest absolute Gasteiger partial charge is 0.220 e. The number of carbonyl (C=O) groups excluding carboxylic acids is 1. The minimum atomic E-state index is 0.184. The van der Waals surface area contributed by atoms with E-state index in [2.05, 4.69) is 35.8 Å². The van der Waals surface area contributed by atoms with Crippen LogP contribution in [0.25, 0.3) is 0 Å². The molecule has 0 saturated carbocycles. The topological polar surface area (TPSA) is 41.1 Å². The van der Waals surface area contributed by atoms with Crippen LogP contribution >= 0.6 is 0 Å². The van der Waals surface area contributed by atoms with Gasteiger partial charge in [0.25, 0.3) is 0 Å². The van der Waals surface area contributed by atoms with E-state index in [4.69, 9.17) is 0 Å². The fourth-order valence-electron chi connectivity index (χ4n) is 2.81. The molecule has 0 aliphatic carbocycles. The minimum Gasteiger partial charge on any atom is -0.352 e. The maximum atomic E-state index is 11.8. The highest BCUT2D eigenvalue weighted by Gasteiger charge is 2.10. The number of benzene rings is 1. The first-order valence-electron chi connectivity index (χ1n) is 8.37. The average Bonchev–Trinajstić information content (AvgIpc) is 2.96. The van der Waals surface area contributed by atoms with Gasteiger partial charge in [-0.05, 0) is 23.1 Å². The van der Waals surface area contributed by atoms with E-state index >= 15 is 0 Å². The van der Waals surface area contributed by atoms with Crippen LogP contribution in [0.5, 0.6) is 0 Å². The Bertz CT molecular complexity index is 457. The van der Waals surface area contributed by atoms with Crippen LogP contribution in [0.4, 0.5) is 0 Å². The molecule has 0 saturated heterocycles. The van der Waals surface area contributed by atoms with Crippen molar-refractivity contribution in [3.05, 3.63) is 34.9 Å². The van der Waals surface area contributed by atoms with E-state index in [1.54, 1.807) is 0 Å². The molecule has 1 aliphatic heterocycles. The molecule has 116 valence electrons. The molecule has 3 nitrogen and oxygen atoms in total. The molecule has 1 aromatic rings. The number of carbonyl (C=O) groups is 1. The van der Waals surface area contributed by atoms with Crippen LogP contribution in [0, 0.1) is 0 Å². The second kappa shape index (κ2) is 8.83. The highest BCUT2D eigenvalue weighted by atomic mass is 16.1. The maximum absolute atomic E-state index is 11.8. The third kappa shape index (κ3) is 5.50. The van der Waals surface area contributed by atoms with Gasteiger partial charge in [0.2, 0.25) is 5.91 Å². The predicted molar refractivity (Wildman–Crippen MR) is 86.8 cm³/mol. The SMILES string of the molecule is CCCCCCCCC(=O)NCc1ccc2c(c1)CNC2. The molecule has 3 heteroatoms. The number of rotatable bonds is 9. The summed E-state index contributed by atoms with van der Waals surface area (Å²) in [5.74, 6) is 0.184. The molecule has 0 spiro atoms. The van der Waals surface area contributed by atoms with E-state index in [0.717, 1.165) is 19.5 Å². The number of hydrogen-bond donors (Lipinski definition) is 2. The Kier molecular flexibility index (Phi) is 6.74. The summed E-state index contributed by atoms with van der Waals surface area (Å²) in [7, 11) is 0. The lowest BCUT2D eigenvalue weighted by Gasteiger charge is -2.07. The van der Waals surface area contributed by atoms with Crippen molar-refractivity contribution >= 4 is 5.91 Å². The van der Waals surface area contributed by atoms with E-state index in [1.807, 2.05) is 0 Å². The molecule has 0 atom stereocenters. The van der Waals surface area contributed by atoms with Gasteiger partial charge in [-0.15, -0.1) is 0 Å². The van der Waals surface area contributed by atoms with Gasteiger partial charge >= 0.3 is 0 Å². The molecule has 1 aromatic carbocycles. The second-order valence-electron chi connectivity index (χ2n) is 6.00. The molecule has 1 amide bonds. The van der Waals surface area contributed by atoms with E-state index in [1.165, 1.54) is 48.8 Å². The number of hydrogen-bond acceptors (Lipinski definition) is 2. The van der Waals surface area contributed by atoms with Gasteiger partial charge in [0.15, 0.2) is 0 Å². The van der Waals surface area contributed by atoms with Gasteiger partial charge in [-0.1, -0.05) is 57.2 Å². The van der Waals surface area contributed by atoms with Crippen molar-refractivity contribution < 1.29 is 4.79 Å². The second-order valence-corrected chi connectivity index (χ2v) is 6.00. The van der Waals surface area contributed by atoms with Gasteiger partial charge in [-0.25, -0.2) is 0 Å². The fraction of sp³-hybridized carbons (Fsp3) is 0.611. The largest absolute Gasteiger partial charge is 0.352 e. The van der Waals surface area contributed by atoms with Crippen molar-refractivity contribution in [3.63, 3.8) is 0 Å². The molecule has 2 rings (SSSR count). The fourth-order valence-corrected chi connectivity index (χ4v) is 2.81. The third-order valence-electron chi connectivity index (χ3n) is 4.15. The van der Waals surface area contributed by atoms with Crippen molar-refractivity contribution in [3.8, 4) is 0 Å². The minimum absolute atomic E-state index is 0.184. The van der Waals surface area contributed by atoms with E-state index in [-0.39, 0.29) is 5.91 Å². The molecule has 0 fully saturated rings. The first-order valence-corrected chi connectivity index (χ1v) is 8.37. The van der Waals surface area contributed by atoms with E-state index < -0.39 is 0 Å². The van der Waals surface area contributed by atoms with Gasteiger partial charge < -0.3 is 10.6 Å². The molecule has 2 N–H and O–H groups in total. The van der Waals surface area contributed by atoms with Gasteiger partial charge in [0.1, 0.15) is 0 Å². The van der Waals surface area contributed by atoms with Crippen LogP contribution in [-0.4, -0.2) is 5.91 Å². The molecule has 0 aromatic heterocycles. The molecule has 1 aliphatic rings. The Morgan fingerprint density at radius 2 is 1.86 bits per heavy atom. The summed E-state index contributed by atoms with van der Waals surface area (Å²) in [5.41, 5.74) is 3.96. The Morgan fingerprint density at radius 1 is 1.10 bits per heavy atom. The Labute approximate surface area is 128 Å². The zero-order chi connectivity index (χ0) is 14.9. The zero-order valence-electron chi connectivity index (χ0n) is 13.2. The molecular formula is C18H28N2O. The Balaban J connectivity index is 1.60. The summed E-state index contributed by atoms with van der Waals surface area (Å²) in [4.78, 5) is 11.8. The summed E-state index contributed by atoms with van der Waals surface area (Å²) in [6.07, 6.45) is 8.02. The lowest BCUT2D eigenvalue weighted by atomic mass is 10.1. The molecule has 21 heavy (non-hydrogen) atoms. The summed E-state index contributed by atoms with van der Waals surface area (Å²) in [6.45, 7) is 4.80. The summed E-state index contributed by atoms with van der Waals surface area (Å²) < 4.78 is 0. The number of fused-ring (bicyclic) bond motifs is 1. The maximum Gasteiger partial charge on any atom is 0.220 e. The van der Waals surface area contributed by atoms with E-state index in [0.29, 0.717) is 13.0 Å². The Hall–Kier alpha value is -1.35. The standard InChI is InChI=1S/C18H28N2O/c1-2-3-4-5-6-7-8-18(21)20-12-15-9-10-16-13-19-14-17(16)11-15/h9-11,19H,2-8,12-14H2,1H3,(H,20,21). The number of nitrogens with one attached hydrogen (secondary N) is 2.